The fourth-order valence-corrected chi connectivity index (χ4v) is 5.80. The summed E-state index contributed by atoms with van der Waals surface area (Å²) in [7, 11) is 0. The van der Waals surface area contributed by atoms with Crippen molar-refractivity contribution in [1.82, 2.24) is 36.8 Å². The van der Waals surface area contributed by atoms with E-state index >= 15 is 0 Å². The SMILES string of the molecule is CCC(C)C(NC(=O)CNC(=O)C(CC(C)C)NC(=O)C1CCCN1C(C)=O)C(=O)NC(CC(C)C)C(=O)NCC(=O)NC(CC(C)C)C(=O)O. The molecule has 290 valence electrons. The van der Waals surface area contributed by atoms with Gasteiger partial charge in [-0.25, -0.2) is 4.79 Å². The fraction of sp³-hybridized carbons (Fsp3) is 0.771. The number of carbonyl (C=O) groups excluding carboxylic acids is 7. The van der Waals surface area contributed by atoms with E-state index in [0.29, 0.717) is 32.2 Å². The summed E-state index contributed by atoms with van der Waals surface area (Å²) in [5.41, 5.74) is 0. The number of carboxylic acid groups (broad SMARTS) is 1. The molecule has 1 saturated heterocycles. The smallest absolute Gasteiger partial charge is 0.326 e. The second-order valence-electron chi connectivity index (χ2n) is 14.7. The van der Waals surface area contributed by atoms with Gasteiger partial charge < -0.3 is 41.9 Å². The molecule has 0 spiro atoms. The average molecular weight is 724 g/mol. The third-order valence-corrected chi connectivity index (χ3v) is 8.64. The first kappa shape index (κ1) is 44.8. The summed E-state index contributed by atoms with van der Waals surface area (Å²) >= 11 is 0. The molecule has 0 aromatic heterocycles. The fourth-order valence-electron chi connectivity index (χ4n) is 5.80. The van der Waals surface area contributed by atoms with E-state index in [9.17, 15) is 43.5 Å². The first-order valence-electron chi connectivity index (χ1n) is 18.0. The minimum atomic E-state index is -1.19. The van der Waals surface area contributed by atoms with Crippen molar-refractivity contribution in [2.24, 2.45) is 23.7 Å². The number of hydrogen-bond acceptors (Lipinski definition) is 8. The number of rotatable bonds is 21. The first-order valence-corrected chi connectivity index (χ1v) is 18.0. The Balaban J connectivity index is 2.92. The number of carboxylic acids is 1. The van der Waals surface area contributed by atoms with Crippen molar-refractivity contribution in [1.29, 1.82) is 0 Å². The monoisotopic (exact) mass is 723 g/mol. The molecule has 7 amide bonds. The van der Waals surface area contributed by atoms with Gasteiger partial charge >= 0.3 is 5.97 Å². The number of aliphatic carboxylic acids is 1. The van der Waals surface area contributed by atoms with E-state index in [0.717, 1.165) is 0 Å². The van der Waals surface area contributed by atoms with Crippen LogP contribution >= 0.6 is 0 Å². The van der Waals surface area contributed by atoms with Crippen molar-refractivity contribution < 1.29 is 43.5 Å². The van der Waals surface area contributed by atoms with E-state index < -0.39 is 84.7 Å². The molecule has 1 rings (SSSR count). The van der Waals surface area contributed by atoms with E-state index in [2.05, 4.69) is 31.9 Å². The molecule has 1 aliphatic heterocycles. The molecule has 6 unspecified atom stereocenters. The van der Waals surface area contributed by atoms with Gasteiger partial charge in [-0.2, -0.15) is 0 Å². The largest absolute Gasteiger partial charge is 0.480 e. The Morgan fingerprint density at radius 1 is 0.667 bits per heavy atom. The molecule has 1 heterocycles. The minimum absolute atomic E-state index is 0.0129. The van der Waals surface area contributed by atoms with E-state index in [4.69, 9.17) is 0 Å². The average Bonchev–Trinajstić information content (AvgIpc) is 3.54. The normalized spacial score (nSPS) is 17.2. The highest BCUT2D eigenvalue weighted by molar-refractivity contribution is 5.96. The molecule has 7 N–H and O–H groups in total. The van der Waals surface area contributed by atoms with Crippen molar-refractivity contribution in [3.63, 3.8) is 0 Å². The lowest BCUT2D eigenvalue weighted by atomic mass is 9.96. The Morgan fingerprint density at radius 3 is 1.59 bits per heavy atom. The van der Waals surface area contributed by atoms with Crippen LogP contribution in [0.3, 0.4) is 0 Å². The lowest BCUT2D eigenvalue weighted by molar-refractivity contribution is -0.142. The van der Waals surface area contributed by atoms with Crippen molar-refractivity contribution in [3.05, 3.63) is 0 Å². The Morgan fingerprint density at radius 2 is 1.14 bits per heavy atom. The molecule has 0 saturated carbocycles. The van der Waals surface area contributed by atoms with Crippen LogP contribution in [0, 0.1) is 23.7 Å². The predicted molar refractivity (Wildman–Crippen MR) is 190 cm³/mol. The van der Waals surface area contributed by atoms with Crippen LogP contribution in [-0.4, -0.2) is 107 Å². The summed E-state index contributed by atoms with van der Waals surface area (Å²) in [5.74, 6) is -5.42. The summed E-state index contributed by atoms with van der Waals surface area (Å²) in [5, 5.41) is 24.9. The molecule has 0 aromatic rings. The zero-order chi connectivity index (χ0) is 39.0. The second kappa shape index (κ2) is 21.9. The lowest BCUT2D eigenvalue weighted by Gasteiger charge is -2.28. The van der Waals surface area contributed by atoms with Gasteiger partial charge in [0, 0.05) is 13.5 Å². The molecule has 0 aromatic carbocycles. The van der Waals surface area contributed by atoms with Crippen LogP contribution in [-0.2, 0) is 38.4 Å². The van der Waals surface area contributed by atoms with Crippen LogP contribution in [0.2, 0.25) is 0 Å². The van der Waals surface area contributed by atoms with Crippen LogP contribution in [0.4, 0.5) is 0 Å². The second-order valence-corrected chi connectivity index (χ2v) is 14.7. The van der Waals surface area contributed by atoms with Gasteiger partial charge in [0.1, 0.15) is 30.2 Å². The number of amides is 7. The summed E-state index contributed by atoms with van der Waals surface area (Å²) in [4.78, 5) is 103. The van der Waals surface area contributed by atoms with Gasteiger partial charge in [-0.05, 0) is 55.8 Å². The molecule has 16 heteroatoms. The standard InChI is InChI=1S/C35H61N7O9/c1-10-22(8)30(34(49)40-25(15-20(4)5)32(47)36-17-28(44)38-26(35(50)51)16-21(6)7)41-29(45)18-37-31(46)24(14-19(2)3)39-33(48)27-12-11-13-42(27)23(9)43/h19-22,24-27,30H,10-18H2,1-9H3,(H,36,47)(H,37,46)(H,38,44)(H,39,48)(H,40,49)(H,41,45)(H,50,51). The summed E-state index contributed by atoms with van der Waals surface area (Å²) in [6, 6.07) is -4.85. The highest BCUT2D eigenvalue weighted by Crippen LogP contribution is 2.18. The van der Waals surface area contributed by atoms with E-state index in [1.807, 2.05) is 48.5 Å². The highest BCUT2D eigenvalue weighted by Gasteiger charge is 2.35. The third-order valence-electron chi connectivity index (χ3n) is 8.64. The van der Waals surface area contributed by atoms with Gasteiger partial charge in [0.2, 0.25) is 41.4 Å². The molecule has 1 fully saturated rings. The van der Waals surface area contributed by atoms with Crippen LogP contribution in [0.25, 0.3) is 0 Å². The number of nitrogens with one attached hydrogen (secondary N) is 6. The zero-order valence-electron chi connectivity index (χ0n) is 31.7. The maximum Gasteiger partial charge on any atom is 0.326 e. The van der Waals surface area contributed by atoms with Gasteiger partial charge in [-0.1, -0.05) is 61.8 Å². The van der Waals surface area contributed by atoms with E-state index in [1.165, 1.54) is 11.8 Å². The van der Waals surface area contributed by atoms with Crippen molar-refractivity contribution in [2.45, 2.75) is 131 Å². The molecule has 1 aliphatic rings. The number of hydrogen-bond donors (Lipinski definition) is 7. The Kier molecular flexibility index (Phi) is 19.2. The molecular formula is C35H61N7O9. The molecule has 0 bridgehead atoms. The maximum absolute atomic E-state index is 13.5. The number of carbonyl (C=O) groups is 8. The summed E-state index contributed by atoms with van der Waals surface area (Å²) < 4.78 is 0. The van der Waals surface area contributed by atoms with Crippen LogP contribution in [0.5, 0.6) is 0 Å². The topological polar surface area (TPSA) is 232 Å². The third kappa shape index (κ3) is 16.1. The van der Waals surface area contributed by atoms with Gasteiger partial charge in [-0.15, -0.1) is 0 Å². The van der Waals surface area contributed by atoms with Gasteiger partial charge in [0.05, 0.1) is 13.1 Å². The molecule has 16 nitrogen and oxygen atoms in total. The number of likely N-dealkylation sites (tertiary alicyclic amines) is 1. The highest BCUT2D eigenvalue weighted by atomic mass is 16.4. The zero-order valence-corrected chi connectivity index (χ0v) is 31.7. The van der Waals surface area contributed by atoms with Crippen LogP contribution < -0.4 is 31.9 Å². The predicted octanol–water partition coefficient (Wildman–Crippen LogP) is 0.438. The number of nitrogens with zero attached hydrogens (tertiary/aromatic N) is 1. The van der Waals surface area contributed by atoms with E-state index in [-0.39, 0.29) is 42.4 Å². The lowest BCUT2D eigenvalue weighted by Crippen LogP contribution is -2.58. The van der Waals surface area contributed by atoms with Crippen molar-refractivity contribution in [2.75, 3.05) is 19.6 Å². The first-order chi connectivity index (χ1) is 23.8. The van der Waals surface area contributed by atoms with Gasteiger partial charge in [-0.3, -0.25) is 33.6 Å². The van der Waals surface area contributed by atoms with Crippen LogP contribution in [0.1, 0.15) is 101 Å². The maximum atomic E-state index is 13.5. The van der Waals surface area contributed by atoms with Crippen molar-refractivity contribution in [3.8, 4) is 0 Å². The molecule has 6 atom stereocenters. The van der Waals surface area contributed by atoms with Crippen LogP contribution in [0.15, 0.2) is 0 Å². The Labute approximate surface area is 301 Å². The molecular weight excluding hydrogens is 662 g/mol. The van der Waals surface area contributed by atoms with Gasteiger partial charge in [0.15, 0.2) is 0 Å². The molecule has 51 heavy (non-hydrogen) atoms. The van der Waals surface area contributed by atoms with Gasteiger partial charge in [0.25, 0.3) is 0 Å². The minimum Gasteiger partial charge on any atom is -0.480 e. The summed E-state index contributed by atoms with van der Waals surface area (Å²) in [6.45, 7) is 15.6. The Hall–Kier alpha value is -4.24. The molecule has 0 aliphatic carbocycles. The van der Waals surface area contributed by atoms with E-state index in [1.54, 1.807) is 6.92 Å². The van der Waals surface area contributed by atoms with Crippen molar-refractivity contribution >= 4 is 47.3 Å². The quantitative estimate of drug-likeness (QED) is 0.0870. The molecule has 0 radical (unpaired) electrons. The Bertz CT molecular complexity index is 1240. The summed E-state index contributed by atoms with van der Waals surface area (Å²) in [6.07, 6.45) is 2.39.